The van der Waals surface area contributed by atoms with Crippen LogP contribution >= 0.6 is 27.5 Å². The second kappa shape index (κ2) is 5.52. The second-order valence-corrected chi connectivity index (χ2v) is 5.93. The van der Waals surface area contributed by atoms with E-state index in [4.69, 9.17) is 11.6 Å². The Bertz CT molecular complexity index is 363. The summed E-state index contributed by atoms with van der Waals surface area (Å²) in [6.45, 7) is 0. The molecule has 1 N–H and O–H groups in total. The zero-order valence-electron chi connectivity index (χ0n) is 9.47. The molecule has 1 unspecified atom stereocenters. The first kappa shape index (κ1) is 12.4. The number of likely N-dealkylation sites (N-methyl/N-ethyl adjacent to an activating group) is 1. The van der Waals surface area contributed by atoms with E-state index < -0.39 is 0 Å². The minimum atomic E-state index is 0.561. The van der Waals surface area contributed by atoms with Crippen molar-refractivity contribution >= 4 is 27.5 Å². The summed E-state index contributed by atoms with van der Waals surface area (Å²) < 4.78 is 1.05. The van der Waals surface area contributed by atoms with E-state index in [-0.39, 0.29) is 0 Å². The molecule has 0 heterocycles. The number of hydrogen-bond acceptors (Lipinski definition) is 1. The van der Waals surface area contributed by atoms with Crippen LogP contribution < -0.4 is 5.32 Å². The van der Waals surface area contributed by atoms with Gasteiger partial charge in [-0.3, -0.25) is 0 Å². The lowest BCUT2D eigenvalue weighted by Gasteiger charge is -2.16. The van der Waals surface area contributed by atoms with Gasteiger partial charge in [0.05, 0.1) is 0 Å². The molecule has 0 aromatic heterocycles. The normalized spacial score (nSPS) is 17.4. The van der Waals surface area contributed by atoms with Gasteiger partial charge in [0.2, 0.25) is 0 Å². The van der Waals surface area contributed by atoms with E-state index in [9.17, 15) is 0 Å². The van der Waals surface area contributed by atoms with E-state index in [1.165, 1.54) is 24.8 Å². The first-order valence-corrected chi connectivity index (χ1v) is 6.97. The Morgan fingerprint density at radius 3 is 2.81 bits per heavy atom. The smallest absolute Gasteiger partial charge is 0.0449 e. The van der Waals surface area contributed by atoms with Crippen LogP contribution in [0.5, 0.6) is 0 Å². The van der Waals surface area contributed by atoms with Gasteiger partial charge in [-0.25, -0.2) is 0 Å². The molecule has 2 rings (SSSR count). The van der Waals surface area contributed by atoms with Gasteiger partial charge in [0.1, 0.15) is 0 Å². The maximum atomic E-state index is 6.22. The first-order valence-electron chi connectivity index (χ1n) is 5.80. The van der Waals surface area contributed by atoms with E-state index in [1.54, 1.807) is 0 Å². The maximum Gasteiger partial charge on any atom is 0.0449 e. The molecule has 1 aromatic rings. The standard InChI is InChI=1S/C13H17BrClN/c1-16-12(6-9-2-3-9)7-10-4-5-11(14)8-13(10)15/h4-5,8-9,12,16H,2-3,6-7H2,1H3. The van der Waals surface area contributed by atoms with Crippen LogP contribution in [0.1, 0.15) is 24.8 Å². The highest BCUT2D eigenvalue weighted by atomic mass is 79.9. The minimum Gasteiger partial charge on any atom is -0.317 e. The summed E-state index contributed by atoms with van der Waals surface area (Å²) in [5, 5.41) is 4.26. The lowest BCUT2D eigenvalue weighted by atomic mass is 10.0. The van der Waals surface area contributed by atoms with Crippen molar-refractivity contribution in [3.63, 3.8) is 0 Å². The van der Waals surface area contributed by atoms with Crippen molar-refractivity contribution in [3.05, 3.63) is 33.3 Å². The SMILES string of the molecule is CNC(Cc1ccc(Br)cc1Cl)CC1CC1. The predicted octanol–water partition coefficient (Wildman–Crippen LogP) is 4.03. The van der Waals surface area contributed by atoms with Gasteiger partial charge >= 0.3 is 0 Å². The third-order valence-corrected chi connectivity index (χ3v) is 4.05. The van der Waals surface area contributed by atoms with Gasteiger partial charge < -0.3 is 5.32 Å². The highest BCUT2D eigenvalue weighted by Crippen LogP contribution is 2.34. The lowest BCUT2D eigenvalue weighted by Crippen LogP contribution is -2.28. The van der Waals surface area contributed by atoms with Crippen molar-refractivity contribution in [2.45, 2.75) is 31.7 Å². The third-order valence-electron chi connectivity index (χ3n) is 3.20. The summed E-state index contributed by atoms with van der Waals surface area (Å²) in [5.41, 5.74) is 1.24. The summed E-state index contributed by atoms with van der Waals surface area (Å²) >= 11 is 9.65. The molecule has 0 bridgehead atoms. The zero-order chi connectivity index (χ0) is 11.5. The number of rotatable bonds is 5. The van der Waals surface area contributed by atoms with Crippen LogP contribution in [0, 0.1) is 5.92 Å². The fourth-order valence-electron chi connectivity index (χ4n) is 2.01. The van der Waals surface area contributed by atoms with Gasteiger partial charge in [0.15, 0.2) is 0 Å². The molecule has 1 aliphatic rings. The molecule has 0 radical (unpaired) electrons. The highest BCUT2D eigenvalue weighted by Gasteiger charge is 2.25. The van der Waals surface area contributed by atoms with Gasteiger partial charge in [0, 0.05) is 15.5 Å². The lowest BCUT2D eigenvalue weighted by molar-refractivity contribution is 0.490. The van der Waals surface area contributed by atoms with E-state index in [0.717, 1.165) is 21.8 Å². The van der Waals surface area contributed by atoms with E-state index >= 15 is 0 Å². The van der Waals surface area contributed by atoms with Gasteiger partial charge in [-0.15, -0.1) is 0 Å². The highest BCUT2D eigenvalue weighted by molar-refractivity contribution is 9.10. The summed E-state index contributed by atoms with van der Waals surface area (Å²) in [5.74, 6) is 0.951. The van der Waals surface area contributed by atoms with Crippen LogP contribution in [0.15, 0.2) is 22.7 Å². The Balaban J connectivity index is 1.99. The van der Waals surface area contributed by atoms with E-state index in [1.807, 2.05) is 13.1 Å². The molecule has 1 aromatic carbocycles. The Kier molecular flexibility index (Phi) is 4.28. The minimum absolute atomic E-state index is 0.561. The van der Waals surface area contributed by atoms with Crippen LogP contribution in [0.3, 0.4) is 0 Å². The molecule has 0 amide bonds. The molecule has 1 nitrogen and oxygen atoms in total. The van der Waals surface area contributed by atoms with Crippen molar-refractivity contribution in [2.24, 2.45) is 5.92 Å². The van der Waals surface area contributed by atoms with Gasteiger partial charge in [-0.1, -0.05) is 46.4 Å². The van der Waals surface area contributed by atoms with E-state index in [0.29, 0.717) is 6.04 Å². The van der Waals surface area contributed by atoms with Crippen LogP contribution in [0.25, 0.3) is 0 Å². The molecule has 1 fully saturated rings. The van der Waals surface area contributed by atoms with Crippen molar-refractivity contribution in [1.29, 1.82) is 0 Å². The summed E-state index contributed by atoms with van der Waals surface area (Å²) in [6.07, 6.45) is 5.13. The Labute approximate surface area is 111 Å². The molecule has 0 aliphatic heterocycles. The molecule has 0 saturated heterocycles. The van der Waals surface area contributed by atoms with Gasteiger partial charge in [0.25, 0.3) is 0 Å². The molecular formula is C13H17BrClN. The predicted molar refractivity (Wildman–Crippen MR) is 73.0 cm³/mol. The summed E-state index contributed by atoms with van der Waals surface area (Å²) in [6, 6.07) is 6.71. The first-order chi connectivity index (χ1) is 7.69. The molecule has 1 aliphatic carbocycles. The average molecular weight is 303 g/mol. The fraction of sp³-hybridized carbons (Fsp3) is 0.538. The third kappa shape index (κ3) is 3.47. The molecule has 0 spiro atoms. The van der Waals surface area contributed by atoms with Gasteiger partial charge in [-0.2, -0.15) is 0 Å². The number of benzene rings is 1. The fourth-order valence-corrected chi connectivity index (χ4v) is 2.76. The number of halogens is 2. The van der Waals surface area contributed by atoms with Crippen LogP contribution in [-0.2, 0) is 6.42 Å². The molecular weight excluding hydrogens is 286 g/mol. The average Bonchev–Trinajstić information content (AvgIpc) is 3.04. The molecule has 3 heteroatoms. The Morgan fingerprint density at radius 1 is 1.50 bits per heavy atom. The van der Waals surface area contributed by atoms with Crippen molar-refractivity contribution in [2.75, 3.05) is 7.05 Å². The molecule has 1 atom stereocenters. The van der Waals surface area contributed by atoms with Crippen LogP contribution in [0.2, 0.25) is 5.02 Å². The number of hydrogen-bond donors (Lipinski definition) is 1. The van der Waals surface area contributed by atoms with Gasteiger partial charge in [-0.05, 0) is 43.5 Å². The van der Waals surface area contributed by atoms with Crippen molar-refractivity contribution in [3.8, 4) is 0 Å². The summed E-state index contributed by atoms with van der Waals surface area (Å²) in [4.78, 5) is 0. The second-order valence-electron chi connectivity index (χ2n) is 4.60. The topological polar surface area (TPSA) is 12.0 Å². The zero-order valence-corrected chi connectivity index (χ0v) is 11.8. The Hall–Kier alpha value is -0.0500. The largest absolute Gasteiger partial charge is 0.317 e. The molecule has 88 valence electrons. The summed E-state index contributed by atoms with van der Waals surface area (Å²) in [7, 11) is 2.04. The van der Waals surface area contributed by atoms with Crippen molar-refractivity contribution < 1.29 is 0 Å². The number of nitrogens with one attached hydrogen (secondary N) is 1. The molecule has 1 saturated carbocycles. The maximum absolute atomic E-state index is 6.22. The van der Waals surface area contributed by atoms with Crippen LogP contribution in [-0.4, -0.2) is 13.1 Å². The van der Waals surface area contributed by atoms with E-state index in [2.05, 4.69) is 33.4 Å². The monoisotopic (exact) mass is 301 g/mol. The molecule has 16 heavy (non-hydrogen) atoms. The quantitative estimate of drug-likeness (QED) is 0.866. The van der Waals surface area contributed by atoms with Crippen molar-refractivity contribution in [1.82, 2.24) is 5.32 Å². The van der Waals surface area contributed by atoms with Crippen LogP contribution in [0.4, 0.5) is 0 Å². The Morgan fingerprint density at radius 2 is 2.25 bits per heavy atom.